The van der Waals surface area contributed by atoms with Gasteiger partial charge in [0.25, 0.3) is 0 Å². The molecule has 1 N–H and O–H groups in total. The fraction of sp³-hybridized carbons (Fsp3) is 0.476. The monoisotopic (exact) mass is 339 g/mol. The number of pyridine rings is 1. The normalized spacial score (nSPS) is 22.0. The molecular formula is C21H29N3O. The Bertz CT molecular complexity index is 644. The lowest BCUT2D eigenvalue weighted by atomic mass is 9.94. The van der Waals surface area contributed by atoms with Crippen LogP contribution in [0.15, 0.2) is 48.8 Å². The molecule has 4 nitrogen and oxygen atoms in total. The van der Waals surface area contributed by atoms with Crippen LogP contribution in [0.4, 0.5) is 0 Å². The van der Waals surface area contributed by atoms with Gasteiger partial charge in [-0.1, -0.05) is 18.2 Å². The van der Waals surface area contributed by atoms with Gasteiger partial charge in [-0.2, -0.15) is 0 Å². The minimum Gasteiger partial charge on any atom is -0.497 e. The van der Waals surface area contributed by atoms with Gasteiger partial charge in [-0.15, -0.1) is 0 Å². The zero-order valence-electron chi connectivity index (χ0n) is 15.5. The second-order valence-electron chi connectivity index (χ2n) is 7.12. The van der Waals surface area contributed by atoms with Crippen LogP contribution >= 0.6 is 0 Å². The summed E-state index contributed by atoms with van der Waals surface area (Å²) in [7, 11) is 3.93. The quantitative estimate of drug-likeness (QED) is 0.840. The summed E-state index contributed by atoms with van der Waals surface area (Å²) in [4.78, 5) is 6.76. The highest BCUT2D eigenvalue weighted by Crippen LogP contribution is 2.35. The molecule has 1 aliphatic heterocycles. The van der Waals surface area contributed by atoms with Gasteiger partial charge in [0.2, 0.25) is 0 Å². The van der Waals surface area contributed by atoms with E-state index in [4.69, 9.17) is 4.74 Å². The SMILES string of the molecule is COc1ccc(C[C@H](C)NC[C@@H]2CCN(C)[C@H]2c2cccnc2)cc1. The third-order valence-electron chi connectivity index (χ3n) is 5.23. The van der Waals surface area contributed by atoms with Gasteiger partial charge in [-0.25, -0.2) is 0 Å². The second kappa shape index (κ2) is 8.45. The summed E-state index contributed by atoms with van der Waals surface area (Å²) in [5, 5.41) is 3.74. The minimum atomic E-state index is 0.453. The van der Waals surface area contributed by atoms with Gasteiger partial charge in [-0.3, -0.25) is 9.88 Å². The number of aromatic nitrogens is 1. The van der Waals surface area contributed by atoms with E-state index in [9.17, 15) is 0 Å². The third-order valence-corrected chi connectivity index (χ3v) is 5.23. The number of hydrogen-bond donors (Lipinski definition) is 1. The maximum Gasteiger partial charge on any atom is 0.118 e. The summed E-state index contributed by atoms with van der Waals surface area (Å²) in [5.41, 5.74) is 2.67. The Balaban J connectivity index is 1.54. The number of likely N-dealkylation sites (tertiary alicyclic amines) is 1. The number of nitrogens with one attached hydrogen (secondary N) is 1. The van der Waals surface area contributed by atoms with Crippen LogP contribution in [-0.4, -0.2) is 43.2 Å². The Hall–Kier alpha value is -1.91. The highest BCUT2D eigenvalue weighted by Gasteiger charge is 2.32. The molecule has 1 saturated heterocycles. The molecule has 0 amide bonds. The van der Waals surface area contributed by atoms with E-state index in [1.165, 1.54) is 17.5 Å². The summed E-state index contributed by atoms with van der Waals surface area (Å²) >= 11 is 0. The highest BCUT2D eigenvalue weighted by atomic mass is 16.5. The molecule has 3 rings (SSSR count). The van der Waals surface area contributed by atoms with Crippen molar-refractivity contribution in [1.29, 1.82) is 0 Å². The van der Waals surface area contributed by atoms with Crippen LogP contribution in [0.2, 0.25) is 0 Å². The molecule has 0 saturated carbocycles. The molecule has 0 spiro atoms. The van der Waals surface area contributed by atoms with E-state index in [0.717, 1.165) is 25.3 Å². The van der Waals surface area contributed by atoms with Gasteiger partial charge in [0.15, 0.2) is 0 Å². The van der Waals surface area contributed by atoms with Gasteiger partial charge in [-0.05, 0) is 68.6 Å². The van der Waals surface area contributed by atoms with Gasteiger partial charge in [0, 0.05) is 31.0 Å². The van der Waals surface area contributed by atoms with Crippen molar-refractivity contribution in [3.8, 4) is 5.75 Å². The van der Waals surface area contributed by atoms with Crippen LogP contribution in [-0.2, 0) is 6.42 Å². The molecule has 3 atom stereocenters. The van der Waals surface area contributed by atoms with Crippen molar-refractivity contribution in [2.24, 2.45) is 5.92 Å². The largest absolute Gasteiger partial charge is 0.497 e. The Morgan fingerprint density at radius 3 is 2.76 bits per heavy atom. The Kier molecular flexibility index (Phi) is 6.05. The lowest BCUT2D eigenvalue weighted by Crippen LogP contribution is -2.35. The Morgan fingerprint density at radius 2 is 2.08 bits per heavy atom. The van der Waals surface area contributed by atoms with Crippen LogP contribution in [0.5, 0.6) is 5.75 Å². The fourth-order valence-electron chi connectivity index (χ4n) is 3.86. The molecule has 1 aromatic heterocycles. The van der Waals surface area contributed by atoms with E-state index in [-0.39, 0.29) is 0 Å². The minimum absolute atomic E-state index is 0.453. The van der Waals surface area contributed by atoms with Crippen LogP contribution in [0.3, 0.4) is 0 Å². The van der Waals surface area contributed by atoms with Crippen molar-refractivity contribution in [3.05, 3.63) is 59.9 Å². The van der Waals surface area contributed by atoms with Crippen molar-refractivity contribution in [2.75, 3.05) is 27.2 Å². The molecule has 1 fully saturated rings. The summed E-state index contributed by atoms with van der Waals surface area (Å²) in [5.74, 6) is 1.55. The van der Waals surface area contributed by atoms with E-state index >= 15 is 0 Å². The van der Waals surface area contributed by atoms with Crippen LogP contribution in [0.1, 0.15) is 30.5 Å². The second-order valence-corrected chi connectivity index (χ2v) is 7.12. The standard InChI is InChI=1S/C21H29N3O/c1-16(13-17-6-8-20(25-3)9-7-17)23-15-19-10-12-24(2)21(19)18-5-4-11-22-14-18/h4-9,11,14,16,19,21,23H,10,12-13,15H2,1-3H3/t16-,19-,21-/m0/s1. The van der Waals surface area contributed by atoms with Gasteiger partial charge in [0.05, 0.1) is 7.11 Å². The molecule has 1 aliphatic rings. The molecule has 2 heterocycles. The first-order valence-electron chi connectivity index (χ1n) is 9.14. The number of methoxy groups -OCH3 is 1. The first-order chi connectivity index (χ1) is 12.2. The number of hydrogen-bond acceptors (Lipinski definition) is 4. The van der Waals surface area contributed by atoms with E-state index in [1.807, 2.05) is 30.6 Å². The molecule has 2 aromatic rings. The number of rotatable bonds is 7. The maximum absolute atomic E-state index is 5.23. The molecule has 134 valence electrons. The topological polar surface area (TPSA) is 37.4 Å². The first kappa shape index (κ1) is 17.9. The summed E-state index contributed by atoms with van der Waals surface area (Å²) in [6.45, 7) is 4.46. The van der Waals surface area contributed by atoms with Crippen LogP contribution in [0.25, 0.3) is 0 Å². The van der Waals surface area contributed by atoms with E-state index in [0.29, 0.717) is 18.0 Å². The fourth-order valence-corrected chi connectivity index (χ4v) is 3.86. The predicted molar refractivity (Wildman–Crippen MR) is 102 cm³/mol. The predicted octanol–water partition coefficient (Wildman–Crippen LogP) is 3.30. The summed E-state index contributed by atoms with van der Waals surface area (Å²) in [6.07, 6.45) is 6.13. The van der Waals surface area contributed by atoms with Gasteiger partial charge >= 0.3 is 0 Å². The Morgan fingerprint density at radius 1 is 1.28 bits per heavy atom. The van der Waals surface area contributed by atoms with E-state index in [2.05, 4.69) is 47.4 Å². The van der Waals surface area contributed by atoms with Crippen molar-refractivity contribution < 1.29 is 4.74 Å². The van der Waals surface area contributed by atoms with Crippen molar-refractivity contribution in [3.63, 3.8) is 0 Å². The lowest BCUT2D eigenvalue weighted by molar-refractivity contribution is 0.268. The lowest BCUT2D eigenvalue weighted by Gasteiger charge is -2.26. The van der Waals surface area contributed by atoms with E-state index in [1.54, 1.807) is 7.11 Å². The molecule has 0 bridgehead atoms. The molecule has 1 aromatic carbocycles. The van der Waals surface area contributed by atoms with Gasteiger partial charge < -0.3 is 10.1 Å². The van der Waals surface area contributed by atoms with Crippen molar-refractivity contribution >= 4 is 0 Å². The number of ether oxygens (including phenoxy) is 1. The van der Waals surface area contributed by atoms with Gasteiger partial charge in [0.1, 0.15) is 5.75 Å². The number of benzene rings is 1. The van der Waals surface area contributed by atoms with Crippen molar-refractivity contribution in [2.45, 2.75) is 31.8 Å². The highest BCUT2D eigenvalue weighted by molar-refractivity contribution is 5.27. The molecule has 0 unspecified atom stereocenters. The molecule has 0 aliphatic carbocycles. The van der Waals surface area contributed by atoms with Crippen LogP contribution in [0, 0.1) is 5.92 Å². The van der Waals surface area contributed by atoms with Crippen LogP contribution < -0.4 is 10.1 Å². The average Bonchev–Trinajstić information content (AvgIpc) is 3.02. The third kappa shape index (κ3) is 4.59. The van der Waals surface area contributed by atoms with E-state index < -0.39 is 0 Å². The molecular weight excluding hydrogens is 310 g/mol. The first-order valence-corrected chi connectivity index (χ1v) is 9.14. The maximum atomic E-state index is 5.23. The smallest absolute Gasteiger partial charge is 0.118 e. The Labute approximate surface area is 151 Å². The molecule has 25 heavy (non-hydrogen) atoms. The van der Waals surface area contributed by atoms with Crippen molar-refractivity contribution in [1.82, 2.24) is 15.2 Å². The average molecular weight is 339 g/mol. The number of nitrogens with zero attached hydrogens (tertiary/aromatic N) is 2. The summed E-state index contributed by atoms with van der Waals surface area (Å²) < 4.78 is 5.23. The summed E-state index contributed by atoms with van der Waals surface area (Å²) in [6, 6.07) is 13.5. The molecule has 4 heteroatoms. The molecule has 0 radical (unpaired) electrons. The zero-order chi connectivity index (χ0) is 17.6. The zero-order valence-corrected chi connectivity index (χ0v) is 15.5.